The van der Waals surface area contributed by atoms with E-state index in [4.69, 9.17) is 23.2 Å². The third-order valence-corrected chi connectivity index (χ3v) is 2.77. The molecule has 0 spiro atoms. The molecule has 1 aromatic carbocycles. The molecule has 0 heterocycles. The second-order valence-corrected chi connectivity index (χ2v) is 4.12. The van der Waals surface area contributed by atoms with Crippen LogP contribution >= 0.6 is 23.2 Å². The molecule has 0 fully saturated rings. The molecule has 1 N–H and O–H groups in total. The van der Waals surface area contributed by atoms with E-state index in [2.05, 4.69) is 0 Å². The number of halogens is 2. The third kappa shape index (κ3) is 2.37. The predicted molar refractivity (Wildman–Crippen MR) is 56.3 cm³/mol. The molecular formula is C10H12Cl2O. The topological polar surface area (TPSA) is 20.2 Å². The summed E-state index contributed by atoms with van der Waals surface area (Å²) in [5, 5.41) is 10.7. The first-order chi connectivity index (χ1) is 6.04. The number of hydrogen-bond acceptors (Lipinski definition) is 1. The van der Waals surface area contributed by atoms with Crippen LogP contribution in [0, 0.1) is 5.92 Å². The lowest BCUT2D eigenvalue weighted by Gasteiger charge is -2.16. The Hall–Kier alpha value is -0.240. The zero-order valence-electron chi connectivity index (χ0n) is 7.59. The lowest BCUT2D eigenvalue weighted by atomic mass is 9.99. The highest BCUT2D eigenvalue weighted by molar-refractivity contribution is 6.42. The van der Waals surface area contributed by atoms with Crippen LogP contribution in [0.5, 0.6) is 0 Å². The van der Waals surface area contributed by atoms with Gasteiger partial charge < -0.3 is 5.11 Å². The van der Waals surface area contributed by atoms with Gasteiger partial charge in [0.05, 0.1) is 16.1 Å². The van der Waals surface area contributed by atoms with E-state index in [-0.39, 0.29) is 5.92 Å². The SMILES string of the molecule is CC(C)C(O)c1cccc(Cl)c1Cl. The predicted octanol–water partition coefficient (Wildman–Crippen LogP) is 3.68. The molecule has 0 aliphatic rings. The molecule has 72 valence electrons. The monoisotopic (exact) mass is 218 g/mol. The Morgan fingerprint density at radius 3 is 2.38 bits per heavy atom. The van der Waals surface area contributed by atoms with E-state index in [1.807, 2.05) is 13.8 Å². The fourth-order valence-electron chi connectivity index (χ4n) is 1.11. The van der Waals surface area contributed by atoms with Crippen molar-refractivity contribution in [2.45, 2.75) is 20.0 Å². The molecule has 1 unspecified atom stereocenters. The maximum atomic E-state index is 9.76. The molecule has 1 aromatic rings. The molecule has 0 aliphatic carbocycles. The molecule has 3 heteroatoms. The fourth-order valence-corrected chi connectivity index (χ4v) is 1.53. The third-order valence-electron chi connectivity index (χ3n) is 1.93. The van der Waals surface area contributed by atoms with Gasteiger partial charge in [-0.05, 0) is 12.0 Å². The summed E-state index contributed by atoms with van der Waals surface area (Å²) in [7, 11) is 0. The van der Waals surface area contributed by atoms with Crippen molar-refractivity contribution in [1.82, 2.24) is 0 Å². The number of hydrogen-bond donors (Lipinski definition) is 1. The van der Waals surface area contributed by atoms with Gasteiger partial charge in [0, 0.05) is 5.56 Å². The van der Waals surface area contributed by atoms with Crippen LogP contribution in [0.1, 0.15) is 25.5 Å². The van der Waals surface area contributed by atoms with Crippen LogP contribution in [0.25, 0.3) is 0 Å². The van der Waals surface area contributed by atoms with Gasteiger partial charge in [-0.1, -0.05) is 49.2 Å². The second-order valence-electron chi connectivity index (χ2n) is 3.33. The van der Waals surface area contributed by atoms with E-state index >= 15 is 0 Å². The summed E-state index contributed by atoms with van der Waals surface area (Å²) in [4.78, 5) is 0. The van der Waals surface area contributed by atoms with Crippen LogP contribution in [0.2, 0.25) is 10.0 Å². The summed E-state index contributed by atoms with van der Waals surface area (Å²) >= 11 is 11.8. The summed E-state index contributed by atoms with van der Waals surface area (Å²) < 4.78 is 0. The lowest BCUT2D eigenvalue weighted by molar-refractivity contribution is 0.127. The minimum absolute atomic E-state index is 0.135. The largest absolute Gasteiger partial charge is 0.388 e. The highest BCUT2D eigenvalue weighted by atomic mass is 35.5. The zero-order valence-corrected chi connectivity index (χ0v) is 9.10. The number of benzene rings is 1. The molecular weight excluding hydrogens is 207 g/mol. The van der Waals surface area contributed by atoms with Crippen LogP contribution in [0.4, 0.5) is 0 Å². The Labute approximate surface area is 88.3 Å². The highest BCUT2D eigenvalue weighted by Gasteiger charge is 2.16. The van der Waals surface area contributed by atoms with Crippen molar-refractivity contribution in [3.05, 3.63) is 33.8 Å². The van der Waals surface area contributed by atoms with E-state index in [1.165, 1.54) is 0 Å². The number of aliphatic hydroxyl groups is 1. The van der Waals surface area contributed by atoms with Crippen LogP contribution in [0.15, 0.2) is 18.2 Å². The Morgan fingerprint density at radius 1 is 1.23 bits per heavy atom. The molecule has 1 rings (SSSR count). The summed E-state index contributed by atoms with van der Waals surface area (Å²) in [5.74, 6) is 0.135. The average molecular weight is 219 g/mol. The quantitative estimate of drug-likeness (QED) is 0.804. The molecule has 1 nitrogen and oxygen atoms in total. The van der Waals surface area contributed by atoms with E-state index in [0.29, 0.717) is 15.6 Å². The van der Waals surface area contributed by atoms with Crippen LogP contribution in [-0.4, -0.2) is 5.11 Å². The lowest BCUT2D eigenvalue weighted by Crippen LogP contribution is -2.05. The maximum absolute atomic E-state index is 9.76. The van der Waals surface area contributed by atoms with Crippen molar-refractivity contribution >= 4 is 23.2 Å². The van der Waals surface area contributed by atoms with Crippen molar-refractivity contribution in [3.8, 4) is 0 Å². The summed E-state index contributed by atoms with van der Waals surface area (Å²) in [5.41, 5.74) is 0.698. The van der Waals surface area contributed by atoms with Crippen molar-refractivity contribution < 1.29 is 5.11 Å². The van der Waals surface area contributed by atoms with Crippen molar-refractivity contribution in [2.75, 3.05) is 0 Å². The van der Waals surface area contributed by atoms with Gasteiger partial charge in [0.1, 0.15) is 0 Å². The maximum Gasteiger partial charge on any atom is 0.0827 e. The Kier molecular flexibility index (Phi) is 3.60. The van der Waals surface area contributed by atoms with Gasteiger partial charge in [0.25, 0.3) is 0 Å². The first-order valence-corrected chi connectivity index (χ1v) is 4.91. The van der Waals surface area contributed by atoms with Gasteiger partial charge in [-0.2, -0.15) is 0 Å². The molecule has 0 amide bonds. The molecule has 0 saturated heterocycles. The van der Waals surface area contributed by atoms with Gasteiger partial charge in [-0.25, -0.2) is 0 Å². The van der Waals surface area contributed by atoms with Gasteiger partial charge in [-0.3, -0.25) is 0 Å². The molecule has 0 radical (unpaired) electrons. The summed E-state index contributed by atoms with van der Waals surface area (Å²) in [6.45, 7) is 3.86. The summed E-state index contributed by atoms with van der Waals surface area (Å²) in [6.07, 6.45) is -0.550. The number of aliphatic hydroxyl groups excluding tert-OH is 1. The van der Waals surface area contributed by atoms with Gasteiger partial charge in [0.15, 0.2) is 0 Å². The van der Waals surface area contributed by atoms with Gasteiger partial charge in [-0.15, -0.1) is 0 Å². The molecule has 0 aliphatic heterocycles. The highest BCUT2D eigenvalue weighted by Crippen LogP contribution is 2.32. The minimum atomic E-state index is -0.550. The zero-order chi connectivity index (χ0) is 10.0. The molecule has 1 atom stereocenters. The van der Waals surface area contributed by atoms with Crippen molar-refractivity contribution in [3.63, 3.8) is 0 Å². The smallest absolute Gasteiger partial charge is 0.0827 e. The first-order valence-electron chi connectivity index (χ1n) is 4.16. The van der Waals surface area contributed by atoms with Crippen LogP contribution in [-0.2, 0) is 0 Å². The molecule has 13 heavy (non-hydrogen) atoms. The average Bonchev–Trinajstić information content (AvgIpc) is 2.08. The Balaban J connectivity index is 3.07. The molecule has 0 bridgehead atoms. The van der Waals surface area contributed by atoms with Gasteiger partial charge >= 0.3 is 0 Å². The molecule has 0 aromatic heterocycles. The van der Waals surface area contributed by atoms with E-state index in [0.717, 1.165) is 0 Å². The normalized spacial score (nSPS) is 13.4. The fraction of sp³-hybridized carbons (Fsp3) is 0.400. The van der Waals surface area contributed by atoms with E-state index in [1.54, 1.807) is 18.2 Å². The minimum Gasteiger partial charge on any atom is -0.388 e. The van der Waals surface area contributed by atoms with Crippen LogP contribution in [0.3, 0.4) is 0 Å². The number of rotatable bonds is 2. The first kappa shape index (κ1) is 10.8. The van der Waals surface area contributed by atoms with E-state index in [9.17, 15) is 5.11 Å². The summed E-state index contributed by atoms with van der Waals surface area (Å²) in [6, 6.07) is 5.29. The Morgan fingerprint density at radius 2 is 1.85 bits per heavy atom. The molecule has 0 saturated carbocycles. The Bertz CT molecular complexity index is 297. The standard InChI is InChI=1S/C10H12Cl2O/c1-6(2)10(13)7-4-3-5-8(11)9(7)12/h3-6,10,13H,1-2H3. The van der Waals surface area contributed by atoms with E-state index < -0.39 is 6.10 Å². The van der Waals surface area contributed by atoms with Gasteiger partial charge in [0.2, 0.25) is 0 Å². The van der Waals surface area contributed by atoms with Crippen LogP contribution < -0.4 is 0 Å². The van der Waals surface area contributed by atoms with Crippen molar-refractivity contribution in [2.24, 2.45) is 5.92 Å². The van der Waals surface area contributed by atoms with Crippen molar-refractivity contribution in [1.29, 1.82) is 0 Å². The second kappa shape index (κ2) is 4.32.